The number of rotatable bonds is 7. The van der Waals surface area contributed by atoms with E-state index in [1.54, 1.807) is 18.2 Å². The van der Waals surface area contributed by atoms with Crippen molar-refractivity contribution in [3.05, 3.63) is 54.6 Å². The number of nitrogens with zero attached hydrogens (tertiary/aromatic N) is 2. The number of benzene rings is 2. The molecule has 0 unspecified atom stereocenters. The Hall–Kier alpha value is -3.17. The number of piperidine rings is 1. The van der Waals surface area contributed by atoms with Crippen LogP contribution in [0.15, 0.2) is 58.0 Å². The average molecular weight is 442 g/mol. The molecule has 0 spiro atoms. The van der Waals surface area contributed by atoms with Gasteiger partial charge >= 0.3 is 0 Å². The molecule has 9 heteroatoms. The molecule has 0 bridgehead atoms. The lowest BCUT2D eigenvalue weighted by atomic mass is 10.2. The van der Waals surface area contributed by atoms with Gasteiger partial charge in [0.25, 0.3) is 0 Å². The number of carbonyl (C=O) groups excluding carboxylic acids is 1. The molecule has 4 rings (SSSR count). The van der Waals surface area contributed by atoms with Crippen LogP contribution >= 0.6 is 0 Å². The Bertz CT molecular complexity index is 1190. The first-order valence-corrected chi connectivity index (χ1v) is 11.4. The fourth-order valence-electron chi connectivity index (χ4n) is 3.51. The number of aromatic nitrogens is 1. The summed E-state index contributed by atoms with van der Waals surface area (Å²) in [6.45, 7) is 1.04. The quantitative estimate of drug-likeness (QED) is 0.441. The van der Waals surface area contributed by atoms with Crippen molar-refractivity contribution in [1.29, 1.82) is 0 Å². The number of para-hydroxylation sites is 2. The normalized spacial score (nSPS) is 15.7. The first-order chi connectivity index (χ1) is 15.0. The van der Waals surface area contributed by atoms with Gasteiger partial charge in [-0.2, -0.15) is 4.31 Å². The molecular formula is C22H23N3O5S. The number of oxazole rings is 1. The van der Waals surface area contributed by atoms with E-state index in [4.69, 9.17) is 9.15 Å². The molecular weight excluding hydrogens is 418 g/mol. The number of carbonyl (C=O) groups is 1. The molecule has 31 heavy (non-hydrogen) atoms. The average Bonchev–Trinajstić information content (AvgIpc) is 3.24. The summed E-state index contributed by atoms with van der Waals surface area (Å²) >= 11 is 0. The van der Waals surface area contributed by atoms with Crippen LogP contribution in [0, 0.1) is 0 Å². The third kappa shape index (κ3) is 4.33. The summed E-state index contributed by atoms with van der Waals surface area (Å²) in [5, 5.41) is 2.97. The number of fused-ring (bicyclic) bond motifs is 1. The van der Waals surface area contributed by atoms with Crippen molar-refractivity contribution in [2.24, 2.45) is 0 Å². The first kappa shape index (κ1) is 21.1. The minimum Gasteiger partial charge on any atom is -0.495 e. The molecule has 1 aromatic heterocycles. The first-order valence-electron chi connectivity index (χ1n) is 9.99. The van der Waals surface area contributed by atoms with Crippen LogP contribution in [0.25, 0.3) is 16.7 Å². The monoisotopic (exact) mass is 441 g/mol. The van der Waals surface area contributed by atoms with Gasteiger partial charge < -0.3 is 14.5 Å². The van der Waals surface area contributed by atoms with E-state index in [9.17, 15) is 13.2 Å². The number of sulfonamides is 1. The molecule has 3 aromatic rings. The van der Waals surface area contributed by atoms with Crippen molar-refractivity contribution in [1.82, 2.24) is 9.29 Å². The van der Waals surface area contributed by atoms with Gasteiger partial charge in [0.15, 0.2) is 11.9 Å². The van der Waals surface area contributed by atoms with Gasteiger partial charge in [-0.05, 0) is 43.2 Å². The van der Waals surface area contributed by atoms with E-state index in [-0.39, 0.29) is 16.4 Å². The SMILES string of the molecule is COc1ccc(S(=O)(=O)N2CCCCC2)cc1N/C=C(\C=O)c1nc2ccccc2o1. The summed E-state index contributed by atoms with van der Waals surface area (Å²) in [6.07, 6.45) is 4.80. The van der Waals surface area contributed by atoms with Gasteiger partial charge in [-0.15, -0.1) is 0 Å². The lowest BCUT2D eigenvalue weighted by Crippen LogP contribution is -2.35. The zero-order chi connectivity index (χ0) is 21.8. The van der Waals surface area contributed by atoms with Crippen LogP contribution < -0.4 is 10.1 Å². The minimum absolute atomic E-state index is 0.166. The highest BCUT2D eigenvalue weighted by Gasteiger charge is 2.26. The minimum atomic E-state index is -3.61. The van der Waals surface area contributed by atoms with Crippen LogP contribution in [-0.4, -0.2) is 44.2 Å². The van der Waals surface area contributed by atoms with E-state index >= 15 is 0 Å². The molecule has 1 aliphatic heterocycles. The maximum Gasteiger partial charge on any atom is 0.243 e. The lowest BCUT2D eigenvalue weighted by Gasteiger charge is -2.26. The molecule has 0 radical (unpaired) electrons. The van der Waals surface area contributed by atoms with Gasteiger partial charge in [-0.25, -0.2) is 13.4 Å². The van der Waals surface area contributed by atoms with Gasteiger partial charge in [0, 0.05) is 19.3 Å². The highest BCUT2D eigenvalue weighted by atomic mass is 32.2. The summed E-state index contributed by atoms with van der Waals surface area (Å²) < 4.78 is 38.5. The summed E-state index contributed by atoms with van der Waals surface area (Å²) in [5.41, 5.74) is 1.80. The Morgan fingerprint density at radius 2 is 1.94 bits per heavy atom. The van der Waals surface area contributed by atoms with E-state index in [2.05, 4.69) is 10.3 Å². The zero-order valence-electron chi connectivity index (χ0n) is 17.1. The molecule has 162 valence electrons. The number of anilines is 1. The number of ether oxygens (including phenoxy) is 1. The smallest absolute Gasteiger partial charge is 0.243 e. The molecule has 0 atom stereocenters. The molecule has 2 heterocycles. The second-order valence-electron chi connectivity index (χ2n) is 7.18. The summed E-state index contributed by atoms with van der Waals surface area (Å²) in [6, 6.07) is 11.8. The standard InChI is InChI=1S/C22H23N3O5S/c1-29-20-10-9-17(31(27,28)25-11-5-2-6-12-25)13-19(20)23-14-16(15-26)22-24-18-7-3-4-8-21(18)30-22/h3-4,7-10,13-15,23H,2,5-6,11-12H2,1H3/b16-14+. The van der Waals surface area contributed by atoms with Gasteiger partial charge in [0.2, 0.25) is 15.9 Å². The van der Waals surface area contributed by atoms with Crippen LogP contribution in [0.2, 0.25) is 0 Å². The molecule has 0 aliphatic carbocycles. The van der Waals surface area contributed by atoms with Gasteiger partial charge in [0.1, 0.15) is 11.3 Å². The second-order valence-corrected chi connectivity index (χ2v) is 9.11. The van der Waals surface area contributed by atoms with Gasteiger partial charge in [0.05, 0.1) is 23.3 Å². The molecule has 1 fully saturated rings. The van der Waals surface area contributed by atoms with Crippen molar-refractivity contribution in [2.45, 2.75) is 24.2 Å². The van der Waals surface area contributed by atoms with E-state index in [1.165, 1.54) is 29.7 Å². The van der Waals surface area contributed by atoms with Crippen molar-refractivity contribution in [2.75, 3.05) is 25.5 Å². The summed E-state index contributed by atoms with van der Waals surface area (Å²) in [7, 11) is -2.12. The van der Waals surface area contributed by atoms with Gasteiger partial charge in [-0.3, -0.25) is 4.79 Å². The van der Waals surface area contributed by atoms with Crippen molar-refractivity contribution < 1.29 is 22.4 Å². The molecule has 0 amide bonds. The Labute approximate surface area is 180 Å². The Balaban J connectivity index is 1.64. The number of hydrogen-bond donors (Lipinski definition) is 1. The molecule has 1 aliphatic rings. The van der Waals surface area contributed by atoms with Crippen LogP contribution in [0.5, 0.6) is 5.75 Å². The number of aldehydes is 1. The van der Waals surface area contributed by atoms with Crippen LogP contribution in [0.1, 0.15) is 25.2 Å². The van der Waals surface area contributed by atoms with Crippen molar-refractivity contribution in [3.8, 4) is 5.75 Å². The Morgan fingerprint density at radius 1 is 1.16 bits per heavy atom. The van der Waals surface area contributed by atoms with Gasteiger partial charge in [-0.1, -0.05) is 18.6 Å². The molecule has 2 aromatic carbocycles. The topological polar surface area (TPSA) is 102 Å². The van der Waals surface area contributed by atoms with E-state index < -0.39 is 10.0 Å². The number of methoxy groups -OCH3 is 1. The largest absolute Gasteiger partial charge is 0.495 e. The third-order valence-electron chi connectivity index (χ3n) is 5.17. The highest BCUT2D eigenvalue weighted by Crippen LogP contribution is 2.30. The predicted molar refractivity (Wildman–Crippen MR) is 117 cm³/mol. The summed E-state index contributed by atoms with van der Waals surface area (Å²) in [5.74, 6) is 0.608. The molecule has 0 saturated carbocycles. The predicted octanol–water partition coefficient (Wildman–Crippen LogP) is 3.66. The van der Waals surface area contributed by atoms with Crippen LogP contribution in [-0.2, 0) is 14.8 Å². The summed E-state index contributed by atoms with van der Waals surface area (Å²) in [4.78, 5) is 16.1. The van der Waals surface area contributed by atoms with Crippen molar-refractivity contribution in [3.63, 3.8) is 0 Å². The lowest BCUT2D eigenvalue weighted by molar-refractivity contribution is -0.103. The van der Waals surface area contributed by atoms with Crippen LogP contribution in [0.4, 0.5) is 5.69 Å². The third-order valence-corrected chi connectivity index (χ3v) is 7.07. The van der Waals surface area contributed by atoms with Crippen LogP contribution in [0.3, 0.4) is 0 Å². The van der Waals surface area contributed by atoms with E-state index in [1.807, 2.05) is 12.1 Å². The van der Waals surface area contributed by atoms with Crippen molar-refractivity contribution >= 4 is 38.7 Å². The fraction of sp³-hybridized carbons (Fsp3) is 0.273. The maximum absolute atomic E-state index is 13.0. The zero-order valence-corrected chi connectivity index (χ0v) is 17.9. The Kier molecular flexibility index (Phi) is 6.06. The second kappa shape index (κ2) is 8.91. The molecule has 1 N–H and O–H groups in total. The number of nitrogens with one attached hydrogen (secondary N) is 1. The maximum atomic E-state index is 13.0. The Morgan fingerprint density at radius 3 is 2.65 bits per heavy atom. The number of allylic oxidation sites excluding steroid dienone is 1. The highest BCUT2D eigenvalue weighted by molar-refractivity contribution is 7.89. The fourth-order valence-corrected chi connectivity index (χ4v) is 5.06. The molecule has 1 saturated heterocycles. The molecule has 8 nitrogen and oxygen atoms in total. The van der Waals surface area contributed by atoms with E-state index in [0.717, 1.165) is 19.3 Å². The number of hydrogen-bond acceptors (Lipinski definition) is 7. The van der Waals surface area contributed by atoms with E-state index in [0.29, 0.717) is 41.9 Å².